The summed E-state index contributed by atoms with van der Waals surface area (Å²) in [6.07, 6.45) is 7.13. The molecule has 1 heterocycles. The highest BCUT2D eigenvalue weighted by Gasteiger charge is 2.39. The lowest BCUT2D eigenvalue weighted by atomic mass is 9.86. The van der Waals surface area contributed by atoms with Gasteiger partial charge in [0.1, 0.15) is 0 Å². The minimum Gasteiger partial charge on any atom is -0.394 e. The van der Waals surface area contributed by atoms with E-state index in [1.165, 1.54) is 12.8 Å². The molecule has 2 rings (SSSR count). The van der Waals surface area contributed by atoms with Crippen molar-refractivity contribution in [1.82, 2.24) is 5.32 Å². The van der Waals surface area contributed by atoms with Crippen LogP contribution in [0.1, 0.15) is 45.4 Å². The van der Waals surface area contributed by atoms with Crippen LogP contribution in [-0.2, 0) is 4.74 Å². The van der Waals surface area contributed by atoms with E-state index in [0.29, 0.717) is 12.1 Å². The molecule has 0 aromatic rings. The van der Waals surface area contributed by atoms with Gasteiger partial charge in [-0.3, -0.25) is 0 Å². The van der Waals surface area contributed by atoms with Crippen molar-refractivity contribution < 1.29 is 9.84 Å². The summed E-state index contributed by atoms with van der Waals surface area (Å²) >= 11 is 0. The van der Waals surface area contributed by atoms with Crippen molar-refractivity contribution >= 4 is 0 Å². The van der Waals surface area contributed by atoms with Gasteiger partial charge in [0.25, 0.3) is 0 Å². The zero-order valence-electron chi connectivity index (χ0n) is 9.67. The van der Waals surface area contributed by atoms with E-state index < -0.39 is 0 Å². The Morgan fingerprint density at radius 3 is 2.87 bits per heavy atom. The average molecular weight is 213 g/mol. The number of nitrogens with one attached hydrogen (secondary N) is 1. The van der Waals surface area contributed by atoms with Gasteiger partial charge in [-0.2, -0.15) is 0 Å². The molecule has 2 atom stereocenters. The number of aliphatic hydroxyl groups excluding tert-OH is 1. The number of ether oxygens (including phenoxy) is 1. The Morgan fingerprint density at radius 2 is 2.27 bits per heavy atom. The SMILES string of the molecule is CCCC1CC(CO)(NC2CC2)CCO1. The summed E-state index contributed by atoms with van der Waals surface area (Å²) in [6.45, 7) is 3.24. The largest absolute Gasteiger partial charge is 0.394 e. The highest BCUT2D eigenvalue weighted by atomic mass is 16.5. The van der Waals surface area contributed by atoms with Gasteiger partial charge in [0.2, 0.25) is 0 Å². The van der Waals surface area contributed by atoms with Gasteiger partial charge in [-0.1, -0.05) is 13.3 Å². The van der Waals surface area contributed by atoms with Gasteiger partial charge < -0.3 is 15.2 Å². The van der Waals surface area contributed by atoms with Crippen molar-refractivity contribution in [2.45, 2.75) is 63.1 Å². The molecular formula is C12H23NO2. The van der Waals surface area contributed by atoms with Crippen molar-refractivity contribution in [3.63, 3.8) is 0 Å². The molecule has 2 N–H and O–H groups in total. The van der Waals surface area contributed by atoms with E-state index in [-0.39, 0.29) is 12.1 Å². The maximum absolute atomic E-state index is 9.59. The fraction of sp³-hybridized carbons (Fsp3) is 1.00. The topological polar surface area (TPSA) is 41.5 Å². The lowest BCUT2D eigenvalue weighted by Crippen LogP contribution is -2.55. The maximum Gasteiger partial charge on any atom is 0.0615 e. The lowest BCUT2D eigenvalue weighted by molar-refractivity contribution is -0.0487. The maximum atomic E-state index is 9.59. The van der Waals surface area contributed by atoms with E-state index in [4.69, 9.17) is 4.74 Å². The van der Waals surface area contributed by atoms with Crippen LogP contribution in [0.5, 0.6) is 0 Å². The highest BCUT2D eigenvalue weighted by Crippen LogP contribution is 2.31. The highest BCUT2D eigenvalue weighted by molar-refractivity contribution is 4.98. The van der Waals surface area contributed by atoms with Crippen molar-refractivity contribution in [1.29, 1.82) is 0 Å². The first-order chi connectivity index (χ1) is 7.28. The lowest BCUT2D eigenvalue weighted by Gasteiger charge is -2.40. The first kappa shape index (κ1) is 11.4. The van der Waals surface area contributed by atoms with E-state index in [1.807, 2.05) is 0 Å². The molecule has 0 radical (unpaired) electrons. The molecule has 2 fully saturated rings. The van der Waals surface area contributed by atoms with Gasteiger partial charge in [0.15, 0.2) is 0 Å². The summed E-state index contributed by atoms with van der Waals surface area (Å²) in [7, 11) is 0. The second-order valence-corrected chi connectivity index (χ2v) is 5.09. The monoisotopic (exact) mass is 213 g/mol. The quantitative estimate of drug-likeness (QED) is 0.726. The van der Waals surface area contributed by atoms with Crippen LogP contribution < -0.4 is 5.32 Å². The van der Waals surface area contributed by atoms with E-state index in [2.05, 4.69) is 12.2 Å². The third-order valence-corrected chi connectivity index (χ3v) is 3.55. The molecule has 0 bridgehead atoms. The molecule has 2 aliphatic rings. The zero-order valence-corrected chi connectivity index (χ0v) is 9.67. The molecule has 3 heteroatoms. The van der Waals surface area contributed by atoms with Gasteiger partial charge in [0.05, 0.1) is 12.7 Å². The molecule has 15 heavy (non-hydrogen) atoms. The van der Waals surface area contributed by atoms with Gasteiger partial charge in [-0.25, -0.2) is 0 Å². The Bertz CT molecular complexity index is 204. The molecule has 88 valence electrons. The van der Waals surface area contributed by atoms with Crippen LogP contribution in [0.2, 0.25) is 0 Å². The minimum absolute atomic E-state index is 0.0424. The fourth-order valence-electron chi connectivity index (χ4n) is 2.51. The van der Waals surface area contributed by atoms with E-state index in [9.17, 15) is 5.11 Å². The molecule has 0 spiro atoms. The predicted octanol–water partition coefficient (Wildman–Crippen LogP) is 1.45. The Balaban J connectivity index is 1.90. The van der Waals surface area contributed by atoms with Gasteiger partial charge in [0, 0.05) is 18.2 Å². The third kappa shape index (κ3) is 2.92. The van der Waals surface area contributed by atoms with Crippen molar-refractivity contribution in [2.75, 3.05) is 13.2 Å². The van der Waals surface area contributed by atoms with Crippen LogP contribution in [0, 0.1) is 0 Å². The fourth-order valence-corrected chi connectivity index (χ4v) is 2.51. The minimum atomic E-state index is -0.0424. The van der Waals surface area contributed by atoms with E-state index >= 15 is 0 Å². The average Bonchev–Trinajstić information content (AvgIpc) is 3.03. The van der Waals surface area contributed by atoms with Crippen molar-refractivity contribution in [3.05, 3.63) is 0 Å². The summed E-state index contributed by atoms with van der Waals surface area (Å²) in [5, 5.41) is 13.2. The van der Waals surface area contributed by atoms with Crippen LogP contribution >= 0.6 is 0 Å². The summed E-state index contributed by atoms with van der Waals surface area (Å²) < 4.78 is 5.73. The van der Waals surface area contributed by atoms with Crippen LogP contribution in [0.3, 0.4) is 0 Å². The number of rotatable bonds is 5. The van der Waals surface area contributed by atoms with Gasteiger partial charge >= 0.3 is 0 Å². The second-order valence-electron chi connectivity index (χ2n) is 5.09. The van der Waals surface area contributed by atoms with Crippen LogP contribution in [0.4, 0.5) is 0 Å². The van der Waals surface area contributed by atoms with Crippen LogP contribution in [0.25, 0.3) is 0 Å². The molecular weight excluding hydrogens is 190 g/mol. The summed E-state index contributed by atoms with van der Waals surface area (Å²) in [4.78, 5) is 0. The Morgan fingerprint density at radius 1 is 1.47 bits per heavy atom. The molecule has 1 saturated heterocycles. The number of aliphatic hydroxyl groups is 1. The molecule has 2 unspecified atom stereocenters. The van der Waals surface area contributed by atoms with Crippen LogP contribution in [0.15, 0.2) is 0 Å². The molecule has 0 amide bonds. The number of hydrogen-bond donors (Lipinski definition) is 2. The molecule has 0 aromatic carbocycles. The Labute approximate surface area is 92.2 Å². The molecule has 1 aliphatic heterocycles. The smallest absolute Gasteiger partial charge is 0.0615 e. The Kier molecular flexibility index (Phi) is 3.65. The van der Waals surface area contributed by atoms with Crippen LogP contribution in [-0.4, -0.2) is 36.0 Å². The van der Waals surface area contributed by atoms with E-state index in [0.717, 1.165) is 32.3 Å². The standard InChI is InChI=1S/C12H23NO2/c1-2-3-11-8-12(9-14,6-7-15-11)13-10-4-5-10/h10-11,13-14H,2-9H2,1H3. The molecule has 0 aromatic heterocycles. The van der Waals surface area contributed by atoms with E-state index in [1.54, 1.807) is 0 Å². The third-order valence-electron chi connectivity index (χ3n) is 3.55. The molecule has 3 nitrogen and oxygen atoms in total. The van der Waals surface area contributed by atoms with Crippen molar-refractivity contribution in [3.8, 4) is 0 Å². The Hall–Kier alpha value is -0.120. The summed E-state index contributed by atoms with van der Waals surface area (Å²) in [5.41, 5.74) is -0.0424. The van der Waals surface area contributed by atoms with Gasteiger partial charge in [-0.15, -0.1) is 0 Å². The number of hydrogen-bond acceptors (Lipinski definition) is 3. The second kappa shape index (κ2) is 4.81. The van der Waals surface area contributed by atoms with Gasteiger partial charge in [-0.05, 0) is 32.1 Å². The normalized spacial score (nSPS) is 36.8. The van der Waals surface area contributed by atoms with Crippen molar-refractivity contribution in [2.24, 2.45) is 0 Å². The predicted molar refractivity (Wildman–Crippen MR) is 59.9 cm³/mol. The first-order valence-corrected chi connectivity index (χ1v) is 6.28. The zero-order chi connectivity index (χ0) is 10.7. The first-order valence-electron chi connectivity index (χ1n) is 6.28. The molecule has 1 saturated carbocycles. The summed E-state index contributed by atoms with van der Waals surface area (Å²) in [5.74, 6) is 0. The molecule has 1 aliphatic carbocycles. The summed E-state index contributed by atoms with van der Waals surface area (Å²) in [6, 6.07) is 0.664.